The van der Waals surface area contributed by atoms with Gasteiger partial charge in [-0.25, -0.2) is 9.07 Å². The number of halogens is 1. The van der Waals surface area contributed by atoms with Gasteiger partial charge in [0, 0.05) is 23.8 Å². The summed E-state index contributed by atoms with van der Waals surface area (Å²) in [6.45, 7) is 9.08. The quantitative estimate of drug-likeness (QED) is 0.906. The number of benzene rings is 1. The molecule has 2 rings (SSSR count). The number of nitrogens with one attached hydrogen (secondary N) is 1. The van der Waals surface area contributed by atoms with Crippen LogP contribution in [0.3, 0.4) is 0 Å². The zero-order valence-electron chi connectivity index (χ0n) is 12.6. The summed E-state index contributed by atoms with van der Waals surface area (Å²) in [6.07, 6.45) is 2.79. The van der Waals surface area contributed by atoms with Gasteiger partial charge in [-0.15, -0.1) is 0 Å². The SMILES string of the molecule is CCc1c(CNC(C)C)cnn1-c1ccc(F)cc1C. The molecule has 0 unspecified atom stereocenters. The summed E-state index contributed by atoms with van der Waals surface area (Å²) in [7, 11) is 0. The van der Waals surface area contributed by atoms with Crippen LogP contribution < -0.4 is 5.32 Å². The first kappa shape index (κ1) is 14.7. The van der Waals surface area contributed by atoms with Crippen LogP contribution in [0.1, 0.15) is 37.6 Å². The van der Waals surface area contributed by atoms with E-state index in [1.165, 1.54) is 17.3 Å². The first-order valence-corrected chi connectivity index (χ1v) is 7.08. The van der Waals surface area contributed by atoms with E-state index in [9.17, 15) is 4.39 Å². The molecule has 3 nitrogen and oxygen atoms in total. The second-order valence-electron chi connectivity index (χ2n) is 5.35. The molecule has 4 heteroatoms. The maximum absolute atomic E-state index is 13.2. The molecule has 0 radical (unpaired) electrons. The smallest absolute Gasteiger partial charge is 0.123 e. The van der Waals surface area contributed by atoms with Crippen molar-refractivity contribution in [3.8, 4) is 5.69 Å². The minimum Gasteiger partial charge on any atom is -0.310 e. The number of aryl methyl sites for hydroxylation is 1. The third-order valence-electron chi connectivity index (χ3n) is 3.38. The maximum atomic E-state index is 13.2. The zero-order chi connectivity index (χ0) is 14.7. The van der Waals surface area contributed by atoms with Crippen molar-refractivity contribution in [2.45, 2.75) is 46.7 Å². The van der Waals surface area contributed by atoms with Gasteiger partial charge in [0.1, 0.15) is 5.82 Å². The molecule has 1 aromatic heterocycles. The Kier molecular flexibility index (Phi) is 4.55. The first-order valence-electron chi connectivity index (χ1n) is 7.08. The van der Waals surface area contributed by atoms with Gasteiger partial charge < -0.3 is 5.32 Å². The molecule has 0 aliphatic rings. The van der Waals surface area contributed by atoms with Crippen molar-refractivity contribution in [1.82, 2.24) is 15.1 Å². The van der Waals surface area contributed by atoms with Crippen molar-refractivity contribution >= 4 is 0 Å². The van der Waals surface area contributed by atoms with Gasteiger partial charge >= 0.3 is 0 Å². The van der Waals surface area contributed by atoms with Gasteiger partial charge in [-0.3, -0.25) is 0 Å². The standard InChI is InChI=1S/C16H22FN3/c1-5-15-13(9-18-11(2)3)10-19-20(15)16-7-6-14(17)8-12(16)4/h6-8,10-11,18H,5,9H2,1-4H3. The number of hydrogen-bond donors (Lipinski definition) is 1. The van der Waals surface area contributed by atoms with Crippen LogP contribution in [0.4, 0.5) is 4.39 Å². The molecule has 0 aliphatic carbocycles. The lowest BCUT2D eigenvalue weighted by molar-refractivity contribution is 0.586. The summed E-state index contributed by atoms with van der Waals surface area (Å²) in [5.41, 5.74) is 4.21. The van der Waals surface area contributed by atoms with E-state index in [2.05, 4.69) is 31.2 Å². The van der Waals surface area contributed by atoms with E-state index in [-0.39, 0.29) is 5.82 Å². The van der Waals surface area contributed by atoms with Gasteiger partial charge in [-0.05, 0) is 37.1 Å². The molecule has 0 spiro atoms. The van der Waals surface area contributed by atoms with Gasteiger partial charge in [0.2, 0.25) is 0 Å². The van der Waals surface area contributed by atoms with E-state index in [1.807, 2.05) is 17.8 Å². The molecule has 0 bridgehead atoms. The number of aromatic nitrogens is 2. The van der Waals surface area contributed by atoms with E-state index in [0.717, 1.165) is 24.2 Å². The Morgan fingerprint density at radius 3 is 2.70 bits per heavy atom. The Morgan fingerprint density at radius 1 is 1.35 bits per heavy atom. The molecule has 0 saturated heterocycles. The largest absolute Gasteiger partial charge is 0.310 e. The number of nitrogens with zero attached hydrogens (tertiary/aromatic N) is 2. The van der Waals surface area contributed by atoms with Crippen LogP contribution in [-0.2, 0) is 13.0 Å². The van der Waals surface area contributed by atoms with Crippen LogP contribution in [0, 0.1) is 12.7 Å². The fourth-order valence-corrected chi connectivity index (χ4v) is 2.31. The van der Waals surface area contributed by atoms with E-state index >= 15 is 0 Å². The molecule has 0 fully saturated rings. The molecular formula is C16H22FN3. The Bertz CT molecular complexity index is 587. The molecule has 20 heavy (non-hydrogen) atoms. The summed E-state index contributed by atoms with van der Waals surface area (Å²) in [4.78, 5) is 0. The highest BCUT2D eigenvalue weighted by Crippen LogP contribution is 2.19. The van der Waals surface area contributed by atoms with Crippen LogP contribution in [0.15, 0.2) is 24.4 Å². The van der Waals surface area contributed by atoms with Crippen LogP contribution in [0.5, 0.6) is 0 Å². The van der Waals surface area contributed by atoms with E-state index in [0.29, 0.717) is 6.04 Å². The van der Waals surface area contributed by atoms with Gasteiger partial charge in [-0.1, -0.05) is 20.8 Å². The van der Waals surface area contributed by atoms with Gasteiger partial charge in [0.05, 0.1) is 11.9 Å². The van der Waals surface area contributed by atoms with Crippen molar-refractivity contribution < 1.29 is 4.39 Å². The summed E-state index contributed by atoms with van der Waals surface area (Å²) in [5, 5.41) is 7.89. The first-order chi connectivity index (χ1) is 9.52. The zero-order valence-corrected chi connectivity index (χ0v) is 12.6. The fraction of sp³-hybridized carbons (Fsp3) is 0.438. The number of rotatable bonds is 5. The van der Waals surface area contributed by atoms with Crippen molar-refractivity contribution in [2.24, 2.45) is 0 Å². The monoisotopic (exact) mass is 275 g/mol. The van der Waals surface area contributed by atoms with Crippen molar-refractivity contribution in [2.75, 3.05) is 0 Å². The highest BCUT2D eigenvalue weighted by molar-refractivity contribution is 5.42. The van der Waals surface area contributed by atoms with Gasteiger partial charge in [-0.2, -0.15) is 5.10 Å². The van der Waals surface area contributed by atoms with Crippen LogP contribution in [0.25, 0.3) is 5.69 Å². The second kappa shape index (κ2) is 6.18. The maximum Gasteiger partial charge on any atom is 0.123 e. The Hall–Kier alpha value is -1.68. The molecule has 2 aromatic rings. The predicted molar refractivity (Wildman–Crippen MR) is 79.6 cm³/mol. The summed E-state index contributed by atoms with van der Waals surface area (Å²) in [6, 6.07) is 5.25. The highest BCUT2D eigenvalue weighted by atomic mass is 19.1. The van der Waals surface area contributed by atoms with E-state index in [1.54, 1.807) is 12.1 Å². The molecule has 0 aliphatic heterocycles. The molecule has 0 amide bonds. The Morgan fingerprint density at radius 2 is 2.10 bits per heavy atom. The highest BCUT2D eigenvalue weighted by Gasteiger charge is 2.12. The molecule has 1 N–H and O–H groups in total. The van der Waals surface area contributed by atoms with Crippen LogP contribution in [0.2, 0.25) is 0 Å². The fourth-order valence-electron chi connectivity index (χ4n) is 2.31. The minimum atomic E-state index is -0.210. The van der Waals surface area contributed by atoms with Crippen molar-refractivity contribution in [1.29, 1.82) is 0 Å². The van der Waals surface area contributed by atoms with Crippen LogP contribution >= 0.6 is 0 Å². The molecule has 1 aromatic carbocycles. The average Bonchev–Trinajstić information content (AvgIpc) is 2.79. The van der Waals surface area contributed by atoms with Crippen molar-refractivity contribution in [3.05, 3.63) is 47.0 Å². The van der Waals surface area contributed by atoms with Gasteiger partial charge in [0.25, 0.3) is 0 Å². The summed E-state index contributed by atoms with van der Waals surface area (Å²) in [5.74, 6) is -0.210. The van der Waals surface area contributed by atoms with Crippen LogP contribution in [-0.4, -0.2) is 15.8 Å². The topological polar surface area (TPSA) is 29.9 Å². The summed E-state index contributed by atoms with van der Waals surface area (Å²) >= 11 is 0. The predicted octanol–water partition coefficient (Wildman–Crippen LogP) is 3.38. The Balaban J connectivity index is 2.37. The lowest BCUT2D eigenvalue weighted by atomic mass is 10.1. The molecule has 0 atom stereocenters. The molecular weight excluding hydrogens is 253 g/mol. The Labute approximate surface area is 119 Å². The lowest BCUT2D eigenvalue weighted by Gasteiger charge is -2.12. The molecule has 1 heterocycles. The summed E-state index contributed by atoms with van der Waals surface area (Å²) < 4.78 is 15.1. The van der Waals surface area contributed by atoms with E-state index in [4.69, 9.17) is 0 Å². The molecule has 108 valence electrons. The van der Waals surface area contributed by atoms with E-state index < -0.39 is 0 Å². The third-order valence-corrected chi connectivity index (χ3v) is 3.38. The molecule has 0 saturated carbocycles. The second-order valence-corrected chi connectivity index (χ2v) is 5.35. The van der Waals surface area contributed by atoms with Gasteiger partial charge in [0.15, 0.2) is 0 Å². The normalized spacial score (nSPS) is 11.3. The third kappa shape index (κ3) is 3.07. The number of hydrogen-bond acceptors (Lipinski definition) is 2. The minimum absolute atomic E-state index is 0.210. The van der Waals surface area contributed by atoms with Crippen molar-refractivity contribution in [3.63, 3.8) is 0 Å². The average molecular weight is 275 g/mol. The lowest BCUT2D eigenvalue weighted by Crippen LogP contribution is -2.22.